The standard InChI is InChI=1S/C59H66O21/c1-5-50(61)73-35-37(3)75-54(65)27-25-52(63)71-31-29-39-7-19-46(20-8-39)77-56(67)41-11-13-43(14-12-41)58(69)79-48-23-24-49(45(33-48)34-60)80-59(70)44-17-15-42(16-18-44)57(68)78-47-21-9-40(10-22-47)30-32-72-53(64)26-28-55(66)76-38(4)36-74-51(62)6-2/h5-10,19-24,33-34,37-38,41-44H,1-2,11-18,25-32,35-36H2,3-4H3. The Morgan fingerprint density at radius 3 is 1.16 bits per heavy atom. The minimum Gasteiger partial charge on any atom is -0.465 e. The number of benzene rings is 3. The predicted molar refractivity (Wildman–Crippen MR) is 279 cm³/mol. The van der Waals surface area contributed by atoms with Gasteiger partial charge in [-0.2, -0.15) is 0 Å². The van der Waals surface area contributed by atoms with Crippen LogP contribution in [-0.4, -0.2) is 105 Å². The first-order valence-electron chi connectivity index (χ1n) is 26.3. The van der Waals surface area contributed by atoms with E-state index in [1.165, 1.54) is 18.2 Å². The van der Waals surface area contributed by atoms with Gasteiger partial charge in [0.2, 0.25) is 0 Å². The summed E-state index contributed by atoms with van der Waals surface area (Å²) in [5.41, 5.74) is 1.62. The summed E-state index contributed by atoms with van der Waals surface area (Å²) in [5.74, 6) is -6.93. The van der Waals surface area contributed by atoms with Crippen molar-refractivity contribution in [1.29, 1.82) is 0 Å². The Bertz CT molecular complexity index is 2680. The minimum atomic E-state index is -0.692. The molecule has 5 rings (SSSR count). The Kier molecular flexibility index (Phi) is 25.3. The van der Waals surface area contributed by atoms with Crippen LogP contribution in [-0.2, 0) is 89.2 Å². The van der Waals surface area contributed by atoms with Crippen LogP contribution in [0.1, 0.15) is 112 Å². The molecule has 0 spiro atoms. The van der Waals surface area contributed by atoms with E-state index in [1.54, 1.807) is 62.4 Å². The van der Waals surface area contributed by atoms with Gasteiger partial charge in [0.1, 0.15) is 48.4 Å². The average Bonchev–Trinajstić information content (AvgIpc) is 3.46. The van der Waals surface area contributed by atoms with Crippen LogP contribution >= 0.6 is 0 Å². The molecule has 0 N–H and O–H groups in total. The number of hydrogen-bond donors (Lipinski definition) is 0. The van der Waals surface area contributed by atoms with Gasteiger partial charge in [-0.1, -0.05) is 37.4 Å². The molecule has 0 amide bonds. The topological polar surface area (TPSA) is 280 Å². The normalized spacial score (nSPS) is 17.3. The van der Waals surface area contributed by atoms with E-state index in [2.05, 4.69) is 13.2 Å². The lowest BCUT2D eigenvalue weighted by Gasteiger charge is -2.26. The number of hydrogen-bond acceptors (Lipinski definition) is 21. The smallest absolute Gasteiger partial charge is 0.330 e. The maximum atomic E-state index is 13.2. The highest BCUT2D eigenvalue weighted by Crippen LogP contribution is 2.34. The van der Waals surface area contributed by atoms with Crippen molar-refractivity contribution in [3.05, 3.63) is 109 Å². The quantitative estimate of drug-likeness (QED) is 0.0218. The molecule has 0 saturated heterocycles. The van der Waals surface area contributed by atoms with Crippen LogP contribution in [0.4, 0.5) is 0 Å². The van der Waals surface area contributed by atoms with Crippen molar-refractivity contribution in [2.75, 3.05) is 26.4 Å². The summed E-state index contributed by atoms with van der Waals surface area (Å²) in [6, 6.07) is 17.5. The Morgan fingerprint density at radius 2 is 0.800 bits per heavy atom. The Balaban J connectivity index is 0.937. The van der Waals surface area contributed by atoms with Gasteiger partial charge in [0.15, 0.2) is 6.29 Å². The number of rotatable bonds is 29. The number of carbonyl (C=O) groups is 11. The van der Waals surface area contributed by atoms with Gasteiger partial charge in [-0.05, 0) is 119 Å². The molecule has 0 radical (unpaired) electrons. The molecule has 428 valence electrons. The molecule has 2 aliphatic carbocycles. The zero-order valence-corrected chi connectivity index (χ0v) is 44.8. The molecule has 2 fully saturated rings. The van der Waals surface area contributed by atoms with E-state index in [0.717, 1.165) is 23.3 Å². The molecule has 2 unspecified atom stereocenters. The summed E-state index contributed by atoms with van der Waals surface area (Å²) in [6.45, 7) is 9.48. The summed E-state index contributed by atoms with van der Waals surface area (Å²) < 4.78 is 52.7. The Morgan fingerprint density at radius 1 is 0.463 bits per heavy atom. The van der Waals surface area contributed by atoms with E-state index < -0.39 is 95.6 Å². The second-order valence-electron chi connectivity index (χ2n) is 19.1. The van der Waals surface area contributed by atoms with Gasteiger partial charge >= 0.3 is 59.7 Å². The maximum absolute atomic E-state index is 13.2. The fourth-order valence-electron chi connectivity index (χ4n) is 8.41. The molecule has 80 heavy (non-hydrogen) atoms. The summed E-state index contributed by atoms with van der Waals surface area (Å²) in [5, 5.41) is 0. The highest BCUT2D eigenvalue weighted by atomic mass is 16.6. The number of aldehydes is 1. The Labute approximate surface area is 462 Å². The number of esters is 10. The van der Waals surface area contributed by atoms with Gasteiger partial charge < -0.3 is 47.4 Å². The zero-order chi connectivity index (χ0) is 58.0. The monoisotopic (exact) mass is 1110 g/mol. The molecule has 2 atom stereocenters. The minimum absolute atomic E-state index is 0.00451. The fourth-order valence-corrected chi connectivity index (χ4v) is 8.41. The molecule has 21 heteroatoms. The third-order valence-corrected chi connectivity index (χ3v) is 12.9. The predicted octanol–water partition coefficient (Wildman–Crippen LogP) is 7.19. The first kappa shape index (κ1) is 62.4. The van der Waals surface area contributed by atoms with Gasteiger partial charge in [0.05, 0.1) is 68.1 Å². The summed E-state index contributed by atoms with van der Waals surface area (Å²) in [7, 11) is 0. The van der Waals surface area contributed by atoms with E-state index in [1.807, 2.05) is 0 Å². The van der Waals surface area contributed by atoms with Crippen molar-refractivity contribution in [3.63, 3.8) is 0 Å². The van der Waals surface area contributed by atoms with E-state index in [-0.39, 0.29) is 69.2 Å². The van der Waals surface area contributed by atoms with Gasteiger partial charge in [-0.3, -0.25) is 43.2 Å². The first-order valence-corrected chi connectivity index (χ1v) is 26.3. The lowest BCUT2D eigenvalue weighted by molar-refractivity contribution is -0.157. The average molecular weight is 1110 g/mol. The molecule has 21 nitrogen and oxygen atoms in total. The van der Waals surface area contributed by atoms with Crippen molar-refractivity contribution >= 4 is 66.0 Å². The molecular formula is C59H66O21. The van der Waals surface area contributed by atoms with Crippen LogP contribution in [0.2, 0.25) is 0 Å². The lowest BCUT2D eigenvalue weighted by Crippen LogP contribution is -2.30. The largest absolute Gasteiger partial charge is 0.465 e. The second-order valence-corrected chi connectivity index (χ2v) is 19.1. The third-order valence-electron chi connectivity index (χ3n) is 12.9. The maximum Gasteiger partial charge on any atom is 0.330 e. The first-order chi connectivity index (χ1) is 38.4. The van der Waals surface area contributed by atoms with Crippen LogP contribution in [0.25, 0.3) is 0 Å². The van der Waals surface area contributed by atoms with Crippen LogP contribution in [0, 0.1) is 23.7 Å². The van der Waals surface area contributed by atoms with Crippen LogP contribution in [0.15, 0.2) is 92.0 Å². The van der Waals surface area contributed by atoms with Gasteiger partial charge in [-0.15, -0.1) is 0 Å². The molecule has 2 saturated carbocycles. The van der Waals surface area contributed by atoms with E-state index in [4.69, 9.17) is 47.4 Å². The molecule has 3 aromatic rings. The molecule has 3 aromatic carbocycles. The number of carbonyl (C=O) groups excluding carboxylic acids is 11. The molecule has 0 heterocycles. The van der Waals surface area contributed by atoms with Crippen LogP contribution in [0.5, 0.6) is 23.0 Å². The van der Waals surface area contributed by atoms with Gasteiger partial charge in [0, 0.05) is 25.0 Å². The van der Waals surface area contributed by atoms with E-state index in [9.17, 15) is 52.7 Å². The van der Waals surface area contributed by atoms with E-state index in [0.29, 0.717) is 82.0 Å². The van der Waals surface area contributed by atoms with Crippen LogP contribution < -0.4 is 18.9 Å². The van der Waals surface area contributed by atoms with Crippen molar-refractivity contribution < 1.29 is 100 Å². The molecule has 0 aliphatic heterocycles. The van der Waals surface area contributed by atoms with Crippen molar-refractivity contribution in [2.45, 2.75) is 116 Å². The fraction of sp³-hybridized carbons (Fsp3) is 0.441. The molecular weight excluding hydrogens is 1040 g/mol. The highest BCUT2D eigenvalue weighted by molar-refractivity contribution is 5.85. The Hall–Kier alpha value is -8.49. The SMILES string of the molecule is C=CC(=O)OCC(C)OC(=O)CCC(=O)OCCc1ccc(OC(=O)C2CCC(C(=O)Oc3ccc(OC(=O)C4CCC(C(=O)Oc5ccc(CCOC(=O)CCC(=O)OC(C)COC(=O)C=C)cc5)CC4)c(C=O)c3)CC2)cc1. The zero-order valence-electron chi connectivity index (χ0n) is 44.8. The van der Waals surface area contributed by atoms with Gasteiger partial charge in [-0.25, -0.2) is 9.59 Å². The number of ether oxygens (including phenoxy) is 10. The summed E-state index contributed by atoms with van der Waals surface area (Å²) in [6.07, 6.45) is 3.98. The summed E-state index contributed by atoms with van der Waals surface area (Å²) >= 11 is 0. The van der Waals surface area contributed by atoms with Crippen molar-refractivity contribution in [1.82, 2.24) is 0 Å². The molecule has 0 bridgehead atoms. The van der Waals surface area contributed by atoms with Crippen molar-refractivity contribution in [3.8, 4) is 23.0 Å². The molecule has 0 aromatic heterocycles. The van der Waals surface area contributed by atoms with Gasteiger partial charge in [0.25, 0.3) is 0 Å². The van der Waals surface area contributed by atoms with Crippen LogP contribution in [0.3, 0.4) is 0 Å². The second kappa shape index (κ2) is 32.4. The summed E-state index contributed by atoms with van der Waals surface area (Å²) in [4.78, 5) is 135. The van der Waals surface area contributed by atoms with E-state index >= 15 is 0 Å². The highest BCUT2D eigenvalue weighted by Gasteiger charge is 2.34. The third kappa shape index (κ3) is 21.7. The lowest BCUT2D eigenvalue weighted by atomic mass is 9.82. The van der Waals surface area contributed by atoms with Crippen molar-refractivity contribution in [2.24, 2.45) is 23.7 Å². The molecule has 2 aliphatic rings.